The van der Waals surface area contributed by atoms with Gasteiger partial charge in [0.1, 0.15) is 0 Å². The number of halogens is 4. The van der Waals surface area contributed by atoms with Crippen molar-refractivity contribution in [1.82, 2.24) is 0 Å². The highest BCUT2D eigenvalue weighted by molar-refractivity contribution is 6.68. The third kappa shape index (κ3) is 2.48. The number of allylic oxidation sites excluding steroid dienone is 2. The highest BCUT2D eigenvalue weighted by Gasteiger charge is 2.69. The minimum Gasteiger partial charge on any atom is -0.469 e. The number of esters is 2. The molecule has 8 atom stereocenters. The minimum atomic E-state index is -1.51. The molecule has 2 bridgehead atoms. The second kappa shape index (κ2) is 5.98. The Morgan fingerprint density at radius 3 is 1.74 bits per heavy atom. The van der Waals surface area contributed by atoms with Gasteiger partial charge in [0.15, 0.2) is 3.79 Å². The molecule has 0 aliphatic heterocycles. The molecule has 0 heterocycles. The van der Waals surface area contributed by atoms with E-state index in [0.29, 0.717) is 0 Å². The van der Waals surface area contributed by atoms with E-state index >= 15 is 0 Å². The lowest BCUT2D eigenvalue weighted by Gasteiger charge is -2.64. The summed E-state index contributed by atoms with van der Waals surface area (Å²) in [6, 6.07) is 0. The number of fused-ring (bicyclic) bond motifs is 1. The van der Waals surface area contributed by atoms with Crippen LogP contribution in [0.5, 0.6) is 0 Å². The van der Waals surface area contributed by atoms with Crippen molar-refractivity contribution >= 4 is 58.3 Å². The Kier molecular flexibility index (Phi) is 4.59. The van der Waals surface area contributed by atoms with Gasteiger partial charge in [-0.3, -0.25) is 9.59 Å². The first-order valence-corrected chi connectivity index (χ1v) is 8.85. The number of carbonyl (C=O) groups is 2. The van der Waals surface area contributed by atoms with E-state index in [9.17, 15) is 9.59 Å². The van der Waals surface area contributed by atoms with E-state index in [4.69, 9.17) is 55.9 Å². The SMILES string of the molecule is COC(=O)[C@@H]1[C@@H](C(=O)OC)[C@@H]2C=C[C@H]1C1C(C(Cl)(Cl)Cl)[C@H](Cl)[C@@H]12. The minimum absolute atomic E-state index is 0.0164. The summed E-state index contributed by atoms with van der Waals surface area (Å²) in [6.07, 6.45) is 3.87. The van der Waals surface area contributed by atoms with Crippen molar-refractivity contribution < 1.29 is 19.1 Å². The molecule has 0 aromatic carbocycles. The van der Waals surface area contributed by atoms with Gasteiger partial charge in [0.05, 0.1) is 26.1 Å². The fourth-order valence-corrected chi connectivity index (χ4v) is 6.44. The molecule has 2 saturated carbocycles. The van der Waals surface area contributed by atoms with E-state index in [-0.39, 0.29) is 35.0 Å². The van der Waals surface area contributed by atoms with Crippen LogP contribution in [0.4, 0.5) is 0 Å². The summed E-state index contributed by atoms with van der Waals surface area (Å²) in [6.45, 7) is 0. The molecule has 0 saturated heterocycles. The number of carbonyl (C=O) groups excluding carboxylic acids is 2. The normalized spacial score (nSPS) is 44.3. The molecule has 128 valence electrons. The summed E-state index contributed by atoms with van der Waals surface area (Å²) in [7, 11) is 2.61. The fourth-order valence-electron chi connectivity index (χ4n) is 4.71. The second-order valence-electron chi connectivity index (χ2n) is 6.30. The van der Waals surface area contributed by atoms with Crippen molar-refractivity contribution in [1.29, 1.82) is 0 Å². The molecular weight excluding hydrogens is 386 g/mol. The van der Waals surface area contributed by atoms with Gasteiger partial charge < -0.3 is 9.47 Å². The van der Waals surface area contributed by atoms with Crippen LogP contribution in [0, 0.1) is 41.4 Å². The van der Waals surface area contributed by atoms with Gasteiger partial charge in [-0.25, -0.2) is 0 Å². The Morgan fingerprint density at radius 1 is 0.913 bits per heavy atom. The average molecular weight is 402 g/mol. The molecule has 8 heteroatoms. The Balaban J connectivity index is 2.01. The summed E-state index contributed by atoms with van der Waals surface area (Å²) >= 11 is 24.8. The zero-order valence-corrected chi connectivity index (χ0v) is 15.4. The number of methoxy groups -OCH3 is 2. The Hall–Kier alpha value is -0.160. The molecular formula is C15H16Cl4O4. The molecule has 0 spiro atoms. The van der Waals surface area contributed by atoms with Crippen LogP contribution in [0.2, 0.25) is 0 Å². The molecule has 2 unspecified atom stereocenters. The molecule has 0 radical (unpaired) electrons. The largest absolute Gasteiger partial charge is 0.469 e. The summed E-state index contributed by atoms with van der Waals surface area (Å²) in [4.78, 5) is 24.6. The maximum absolute atomic E-state index is 12.3. The molecule has 0 N–H and O–H groups in total. The number of alkyl halides is 4. The predicted octanol–water partition coefficient (Wildman–Crippen LogP) is 3.22. The van der Waals surface area contributed by atoms with Gasteiger partial charge in [0, 0.05) is 11.3 Å². The molecule has 4 aliphatic carbocycles. The second-order valence-corrected chi connectivity index (χ2v) is 9.18. The quantitative estimate of drug-likeness (QED) is 0.405. The van der Waals surface area contributed by atoms with Crippen molar-refractivity contribution in [2.24, 2.45) is 41.4 Å². The standard InChI is InChI=1S/C15H16Cl4O4/c1-22-13(20)9-5-3-4-6(10(9)14(21)23-2)8-7(5)11(12(8)16)15(17,18)19/h3-12H,1-2H3/t5-,6+,7?,8+,9-,10-,11?,12+/m0/s1. The summed E-state index contributed by atoms with van der Waals surface area (Å²) in [5.74, 6) is -3.04. The predicted molar refractivity (Wildman–Crippen MR) is 87.5 cm³/mol. The summed E-state index contributed by atoms with van der Waals surface area (Å²) in [5.41, 5.74) is 0. The first-order chi connectivity index (χ1) is 10.7. The molecule has 0 aromatic rings. The highest BCUT2D eigenvalue weighted by Crippen LogP contribution is 2.67. The van der Waals surface area contributed by atoms with Crippen LogP contribution in [0.3, 0.4) is 0 Å². The van der Waals surface area contributed by atoms with Crippen molar-refractivity contribution in [2.45, 2.75) is 9.17 Å². The van der Waals surface area contributed by atoms with Gasteiger partial charge >= 0.3 is 11.9 Å². The topological polar surface area (TPSA) is 52.6 Å². The number of hydrogen-bond donors (Lipinski definition) is 0. The lowest BCUT2D eigenvalue weighted by Crippen LogP contribution is -2.67. The zero-order chi connectivity index (χ0) is 17.1. The lowest BCUT2D eigenvalue weighted by molar-refractivity contribution is -0.178. The van der Waals surface area contributed by atoms with Gasteiger partial charge in [-0.15, -0.1) is 11.6 Å². The van der Waals surface area contributed by atoms with Crippen LogP contribution in [0.15, 0.2) is 12.2 Å². The monoisotopic (exact) mass is 400 g/mol. The first-order valence-electron chi connectivity index (χ1n) is 7.28. The van der Waals surface area contributed by atoms with E-state index in [0.717, 1.165) is 0 Å². The number of hydrogen-bond acceptors (Lipinski definition) is 4. The van der Waals surface area contributed by atoms with E-state index in [2.05, 4.69) is 0 Å². The number of rotatable bonds is 2. The van der Waals surface area contributed by atoms with Gasteiger partial charge in [-0.2, -0.15) is 0 Å². The van der Waals surface area contributed by atoms with E-state index in [1.807, 2.05) is 12.2 Å². The molecule has 4 rings (SSSR count). The van der Waals surface area contributed by atoms with Crippen LogP contribution in [0.1, 0.15) is 0 Å². The third-order valence-corrected chi connectivity index (χ3v) is 6.87. The van der Waals surface area contributed by atoms with Gasteiger partial charge in [0.2, 0.25) is 0 Å². The van der Waals surface area contributed by atoms with E-state index in [1.165, 1.54) is 14.2 Å². The van der Waals surface area contributed by atoms with Crippen LogP contribution < -0.4 is 0 Å². The van der Waals surface area contributed by atoms with Crippen LogP contribution >= 0.6 is 46.4 Å². The first kappa shape index (κ1) is 17.7. The summed E-state index contributed by atoms with van der Waals surface area (Å²) < 4.78 is 8.30. The van der Waals surface area contributed by atoms with Crippen molar-refractivity contribution in [3.8, 4) is 0 Å². The van der Waals surface area contributed by atoms with E-state index in [1.54, 1.807) is 0 Å². The molecule has 0 amide bonds. The Bertz CT molecular complexity index is 558. The van der Waals surface area contributed by atoms with Crippen LogP contribution in [-0.2, 0) is 19.1 Å². The van der Waals surface area contributed by atoms with Gasteiger partial charge in [-0.05, 0) is 23.7 Å². The smallest absolute Gasteiger partial charge is 0.310 e. The number of ether oxygens (including phenoxy) is 2. The Labute approximate surface area is 154 Å². The maximum Gasteiger partial charge on any atom is 0.310 e. The molecule has 4 nitrogen and oxygen atoms in total. The van der Waals surface area contributed by atoms with Crippen molar-refractivity contribution in [2.75, 3.05) is 14.2 Å². The van der Waals surface area contributed by atoms with Crippen LogP contribution in [0.25, 0.3) is 0 Å². The van der Waals surface area contributed by atoms with Gasteiger partial charge in [-0.1, -0.05) is 47.0 Å². The Morgan fingerprint density at radius 2 is 1.35 bits per heavy atom. The molecule has 4 aliphatic rings. The third-order valence-electron chi connectivity index (χ3n) is 5.56. The molecule has 0 aromatic heterocycles. The average Bonchev–Trinajstić information content (AvgIpc) is 2.49. The molecule has 2 fully saturated rings. The maximum atomic E-state index is 12.3. The lowest BCUT2D eigenvalue weighted by atomic mass is 9.43. The zero-order valence-electron chi connectivity index (χ0n) is 12.4. The van der Waals surface area contributed by atoms with Crippen molar-refractivity contribution in [3.63, 3.8) is 0 Å². The summed E-state index contributed by atoms with van der Waals surface area (Å²) in [5, 5.41) is -0.365. The highest BCUT2D eigenvalue weighted by atomic mass is 35.6. The fraction of sp³-hybridized carbons (Fsp3) is 0.733. The molecule has 23 heavy (non-hydrogen) atoms. The van der Waals surface area contributed by atoms with Crippen molar-refractivity contribution in [3.05, 3.63) is 12.2 Å². The van der Waals surface area contributed by atoms with Crippen LogP contribution in [-0.4, -0.2) is 35.3 Å². The van der Waals surface area contributed by atoms with Gasteiger partial charge in [0.25, 0.3) is 0 Å². The van der Waals surface area contributed by atoms with E-state index < -0.39 is 27.6 Å².